The van der Waals surface area contributed by atoms with Crippen molar-refractivity contribution in [3.05, 3.63) is 82.2 Å². The van der Waals surface area contributed by atoms with Crippen molar-refractivity contribution in [3.8, 4) is 17.2 Å². The molecule has 0 saturated carbocycles. The third-order valence-corrected chi connectivity index (χ3v) is 6.40. The van der Waals surface area contributed by atoms with E-state index in [-0.39, 0.29) is 23.8 Å². The second kappa shape index (κ2) is 13.0. The van der Waals surface area contributed by atoms with E-state index in [2.05, 4.69) is 31.9 Å². The lowest BCUT2D eigenvalue weighted by Gasteiger charge is -2.14. The summed E-state index contributed by atoms with van der Waals surface area (Å²) in [4.78, 5) is 51.0. The van der Waals surface area contributed by atoms with Crippen LogP contribution in [-0.2, 0) is 14.4 Å². The molecule has 0 radical (unpaired) electrons. The maximum Gasteiger partial charge on any atom is 0.329 e. The van der Waals surface area contributed by atoms with Crippen LogP contribution in [0.3, 0.4) is 0 Å². The zero-order chi connectivity index (χ0) is 29.5. The van der Waals surface area contributed by atoms with Crippen LogP contribution in [0, 0.1) is 5.82 Å². The van der Waals surface area contributed by atoms with Gasteiger partial charge in [0.1, 0.15) is 23.8 Å². The van der Waals surface area contributed by atoms with Crippen molar-refractivity contribution in [3.63, 3.8) is 0 Å². The summed E-state index contributed by atoms with van der Waals surface area (Å²) in [7, 11) is 2.86. The monoisotopic (exact) mass is 626 g/mol. The van der Waals surface area contributed by atoms with E-state index >= 15 is 0 Å². The van der Waals surface area contributed by atoms with Crippen LogP contribution in [0.5, 0.6) is 17.2 Å². The molecule has 3 aromatic rings. The minimum Gasteiger partial charge on any atom is -0.495 e. The van der Waals surface area contributed by atoms with Crippen LogP contribution in [0.2, 0.25) is 0 Å². The third kappa shape index (κ3) is 7.19. The second-order valence-electron chi connectivity index (χ2n) is 8.50. The van der Waals surface area contributed by atoms with E-state index in [9.17, 15) is 23.6 Å². The number of halogens is 2. The minimum absolute atomic E-state index is 0.0600. The van der Waals surface area contributed by atoms with Gasteiger partial charge in [-0.2, -0.15) is 0 Å². The van der Waals surface area contributed by atoms with Crippen LogP contribution in [0.4, 0.5) is 20.6 Å². The fourth-order valence-corrected chi connectivity index (χ4v) is 4.20. The molecule has 13 heteroatoms. The topological polar surface area (TPSA) is 135 Å². The maximum atomic E-state index is 13.1. The number of hydrogen-bond donors (Lipinski definition) is 3. The summed E-state index contributed by atoms with van der Waals surface area (Å²) in [6.45, 7) is -0.877. The summed E-state index contributed by atoms with van der Waals surface area (Å²) in [5, 5.41) is 7.67. The van der Waals surface area contributed by atoms with Gasteiger partial charge in [-0.15, -0.1) is 0 Å². The Bertz CT molecular complexity index is 1530. The molecule has 0 aliphatic carbocycles. The Morgan fingerprint density at radius 2 is 1.66 bits per heavy atom. The number of rotatable bonds is 10. The highest BCUT2D eigenvalue weighted by Gasteiger charge is 2.35. The van der Waals surface area contributed by atoms with Crippen LogP contribution < -0.4 is 30.2 Å². The molecule has 212 valence electrons. The number of carbonyl (C=O) groups excluding carboxylic acids is 4. The number of urea groups is 1. The fraction of sp³-hybridized carbons (Fsp3) is 0.143. The summed E-state index contributed by atoms with van der Waals surface area (Å²) in [6, 6.07) is 14.3. The lowest BCUT2D eigenvalue weighted by Crippen LogP contribution is -2.38. The first-order valence-electron chi connectivity index (χ1n) is 12.0. The molecule has 0 aromatic heterocycles. The molecule has 1 aliphatic rings. The highest BCUT2D eigenvalue weighted by atomic mass is 79.9. The average molecular weight is 627 g/mol. The van der Waals surface area contributed by atoms with Gasteiger partial charge in [0.2, 0.25) is 5.91 Å². The molecular formula is C28H24BrFN4O7. The van der Waals surface area contributed by atoms with Gasteiger partial charge in [-0.1, -0.05) is 28.1 Å². The number of imide groups is 1. The molecule has 1 heterocycles. The SMILES string of the molecule is COc1ccccc1NC(=O)CN1C(=O)N/C(=C/c2cc(OC)c(OCC(=O)Nc3ccc(F)cc3)cc2Br)C1=O. The Hall–Kier alpha value is -4.91. The smallest absolute Gasteiger partial charge is 0.329 e. The van der Waals surface area contributed by atoms with E-state index in [1.165, 1.54) is 50.6 Å². The molecule has 0 bridgehead atoms. The first kappa shape index (κ1) is 29.1. The molecule has 1 fully saturated rings. The molecule has 11 nitrogen and oxygen atoms in total. The number of nitrogens with one attached hydrogen (secondary N) is 3. The fourth-order valence-electron chi connectivity index (χ4n) is 3.76. The lowest BCUT2D eigenvalue weighted by atomic mass is 10.1. The average Bonchev–Trinajstić information content (AvgIpc) is 3.21. The van der Waals surface area contributed by atoms with Crippen molar-refractivity contribution in [1.29, 1.82) is 0 Å². The summed E-state index contributed by atoms with van der Waals surface area (Å²) in [5.74, 6) is -1.29. The van der Waals surface area contributed by atoms with E-state index in [0.29, 0.717) is 27.2 Å². The molecule has 0 unspecified atom stereocenters. The molecule has 3 aromatic carbocycles. The minimum atomic E-state index is -0.758. The Labute approximate surface area is 242 Å². The molecule has 4 rings (SSSR count). The highest BCUT2D eigenvalue weighted by Crippen LogP contribution is 2.35. The van der Waals surface area contributed by atoms with Gasteiger partial charge in [-0.3, -0.25) is 14.4 Å². The van der Waals surface area contributed by atoms with Crippen molar-refractivity contribution < 1.29 is 37.8 Å². The summed E-state index contributed by atoms with van der Waals surface area (Å²) < 4.78 is 29.7. The van der Waals surface area contributed by atoms with Crippen molar-refractivity contribution >= 4 is 57.1 Å². The van der Waals surface area contributed by atoms with E-state index in [1.54, 1.807) is 30.3 Å². The van der Waals surface area contributed by atoms with Gasteiger partial charge >= 0.3 is 6.03 Å². The second-order valence-corrected chi connectivity index (χ2v) is 9.35. The lowest BCUT2D eigenvalue weighted by molar-refractivity contribution is -0.127. The number of hydrogen-bond acceptors (Lipinski definition) is 7. The van der Waals surface area contributed by atoms with E-state index in [1.807, 2.05) is 0 Å². The number of benzene rings is 3. The van der Waals surface area contributed by atoms with Gasteiger partial charge in [0.05, 0.1) is 19.9 Å². The maximum absolute atomic E-state index is 13.1. The van der Waals surface area contributed by atoms with Crippen LogP contribution in [0.1, 0.15) is 5.56 Å². The van der Waals surface area contributed by atoms with Crippen LogP contribution in [0.15, 0.2) is 70.8 Å². The first-order chi connectivity index (χ1) is 19.7. The van der Waals surface area contributed by atoms with Crippen LogP contribution >= 0.6 is 15.9 Å². The Morgan fingerprint density at radius 1 is 0.951 bits per heavy atom. The number of nitrogens with zero attached hydrogens (tertiary/aromatic N) is 1. The predicted molar refractivity (Wildman–Crippen MR) is 151 cm³/mol. The van der Waals surface area contributed by atoms with Crippen LogP contribution in [-0.4, -0.2) is 56.0 Å². The van der Waals surface area contributed by atoms with Gasteiger partial charge in [-0.05, 0) is 60.2 Å². The largest absolute Gasteiger partial charge is 0.495 e. The van der Waals surface area contributed by atoms with Gasteiger partial charge < -0.3 is 30.2 Å². The van der Waals surface area contributed by atoms with Gasteiger partial charge in [0.25, 0.3) is 11.8 Å². The van der Waals surface area contributed by atoms with E-state index in [4.69, 9.17) is 14.2 Å². The standard InChI is InChI=1S/C28H24BrFN4O7/c1-39-22-6-4-3-5-20(22)32-25(35)14-34-27(37)21(33-28(34)38)11-16-12-23(40-2)24(13-19(16)29)41-15-26(36)31-18-9-7-17(30)8-10-18/h3-13H,14-15H2,1-2H3,(H,31,36)(H,32,35)(H,33,38)/b21-11+. The van der Waals surface area contributed by atoms with E-state index in [0.717, 1.165) is 4.90 Å². The van der Waals surface area contributed by atoms with Gasteiger partial charge in [0.15, 0.2) is 18.1 Å². The molecule has 1 aliphatic heterocycles. The number of para-hydroxylation sites is 2. The predicted octanol–water partition coefficient (Wildman–Crippen LogP) is 4.15. The summed E-state index contributed by atoms with van der Waals surface area (Å²) >= 11 is 3.40. The number of ether oxygens (including phenoxy) is 3. The first-order valence-corrected chi connectivity index (χ1v) is 12.8. The molecular weight excluding hydrogens is 603 g/mol. The summed E-state index contributed by atoms with van der Waals surface area (Å²) in [6.07, 6.45) is 1.41. The Morgan fingerprint density at radius 3 is 2.37 bits per heavy atom. The molecule has 1 saturated heterocycles. The zero-order valence-electron chi connectivity index (χ0n) is 21.8. The Balaban J connectivity index is 1.42. The number of methoxy groups -OCH3 is 2. The molecule has 3 N–H and O–H groups in total. The van der Waals surface area contributed by atoms with Gasteiger partial charge in [-0.25, -0.2) is 14.1 Å². The summed E-state index contributed by atoms with van der Waals surface area (Å²) in [5.41, 5.74) is 1.20. The Kier molecular flexibility index (Phi) is 9.19. The number of amides is 5. The molecule has 0 spiro atoms. The quantitative estimate of drug-likeness (QED) is 0.227. The highest BCUT2D eigenvalue weighted by molar-refractivity contribution is 9.10. The van der Waals surface area contributed by atoms with Crippen molar-refractivity contribution in [2.24, 2.45) is 0 Å². The number of carbonyl (C=O) groups is 4. The van der Waals surface area contributed by atoms with Crippen molar-refractivity contribution in [1.82, 2.24) is 10.2 Å². The third-order valence-electron chi connectivity index (χ3n) is 5.71. The molecule has 41 heavy (non-hydrogen) atoms. The van der Waals surface area contributed by atoms with E-state index < -0.39 is 36.1 Å². The zero-order valence-corrected chi connectivity index (χ0v) is 23.4. The normalized spacial score (nSPS) is 13.6. The number of anilines is 2. The molecule has 5 amide bonds. The molecule has 0 atom stereocenters. The van der Waals surface area contributed by atoms with Crippen molar-refractivity contribution in [2.45, 2.75) is 0 Å². The van der Waals surface area contributed by atoms with Crippen molar-refractivity contribution in [2.75, 3.05) is 38.0 Å². The van der Waals surface area contributed by atoms with Crippen LogP contribution in [0.25, 0.3) is 6.08 Å². The van der Waals surface area contributed by atoms with Gasteiger partial charge in [0, 0.05) is 10.2 Å².